The molecule has 0 nitrogen and oxygen atoms in total. The Bertz CT molecular complexity index is 358. The van der Waals surface area contributed by atoms with Crippen molar-refractivity contribution < 1.29 is 0 Å². The molecule has 0 N–H and O–H groups in total. The molecule has 16 heavy (non-hydrogen) atoms. The molecule has 0 saturated heterocycles. The Morgan fingerprint density at radius 1 is 0.875 bits per heavy atom. The lowest BCUT2D eigenvalue weighted by molar-refractivity contribution is 0.750. The summed E-state index contributed by atoms with van der Waals surface area (Å²) in [7, 11) is 0. The van der Waals surface area contributed by atoms with Gasteiger partial charge in [0.25, 0.3) is 6.21 Å². The average Bonchev–Trinajstić information content (AvgIpc) is 2.17. The zero-order valence-electron chi connectivity index (χ0n) is 8.78. The highest BCUT2D eigenvalue weighted by molar-refractivity contribution is 8.02. The van der Waals surface area contributed by atoms with E-state index in [1.165, 1.54) is 0 Å². The minimum Gasteiger partial charge on any atom is -0.144 e. The van der Waals surface area contributed by atoms with E-state index in [0.717, 1.165) is 5.56 Å². The van der Waals surface area contributed by atoms with Gasteiger partial charge < -0.3 is 0 Å². The summed E-state index contributed by atoms with van der Waals surface area (Å²) in [6, 6.07) is 9.69. The molecule has 0 aliphatic rings. The standard InChI is InChI=1S/C9H11Cl5Si2/c1-9(2,8-6-4-3-5-7-8)15(10,11)16(12,13)14/h3-7H,1-2H3. The quantitative estimate of drug-likeness (QED) is 0.521. The van der Waals surface area contributed by atoms with E-state index in [1.54, 1.807) is 0 Å². The number of hydrogen-bond acceptors (Lipinski definition) is 0. The van der Waals surface area contributed by atoms with Gasteiger partial charge in [-0.2, -0.15) is 0 Å². The third kappa shape index (κ3) is 2.74. The molecule has 0 spiro atoms. The lowest BCUT2D eigenvalue weighted by Gasteiger charge is -2.38. The van der Waals surface area contributed by atoms with Crippen molar-refractivity contribution in [3.63, 3.8) is 0 Å². The molecule has 1 aromatic rings. The van der Waals surface area contributed by atoms with Crippen molar-refractivity contribution in [2.75, 3.05) is 0 Å². The average molecular weight is 353 g/mol. The van der Waals surface area contributed by atoms with Crippen molar-refractivity contribution >= 4 is 67.1 Å². The molecule has 90 valence electrons. The Hall–Kier alpha value is 1.10. The molecule has 0 radical (unpaired) electrons. The van der Waals surface area contributed by atoms with Crippen LogP contribution in [0.3, 0.4) is 0 Å². The van der Waals surface area contributed by atoms with Crippen LogP contribution in [0, 0.1) is 0 Å². The van der Waals surface area contributed by atoms with Crippen LogP contribution in [-0.4, -0.2) is 11.7 Å². The summed E-state index contributed by atoms with van der Waals surface area (Å²) in [4.78, 5) is 0. The summed E-state index contributed by atoms with van der Waals surface area (Å²) in [6.07, 6.45) is -2.99. The monoisotopic (exact) mass is 350 g/mol. The van der Waals surface area contributed by atoms with Gasteiger partial charge in [-0.25, -0.2) is 0 Å². The second-order valence-corrected chi connectivity index (χ2v) is 27.5. The zero-order chi connectivity index (χ0) is 12.6. The van der Waals surface area contributed by atoms with Crippen molar-refractivity contribution in [1.82, 2.24) is 0 Å². The van der Waals surface area contributed by atoms with Gasteiger partial charge in [-0.3, -0.25) is 0 Å². The number of benzene rings is 1. The fourth-order valence-electron chi connectivity index (χ4n) is 1.39. The van der Waals surface area contributed by atoms with Crippen molar-refractivity contribution in [1.29, 1.82) is 0 Å². The topological polar surface area (TPSA) is 0 Å². The lowest BCUT2D eigenvalue weighted by atomic mass is 10.0. The van der Waals surface area contributed by atoms with Crippen LogP contribution in [0.4, 0.5) is 0 Å². The molecule has 0 unspecified atom stereocenters. The Balaban J connectivity index is 3.22. The van der Waals surface area contributed by atoms with E-state index in [4.69, 9.17) is 55.4 Å². The van der Waals surface area contributed by atoms with Crippen LogP contribution in [0.25, 0.3) is 0 Å². The Kier molecular flexibility index (Phi) is 4.74. The van der Waals surface area contributed by atoms with Gasteiger partial charge in [0.05, 0.1) is 0 Å². The minimum atomic E-state index is -3.12. The number of hydrogen-bond donors (Lipinski definition) is 0. The fourth-order valence-corrected chi connectivity index (χ4v) is 12.2. The molecular formula is C9H11Cl5Si2. The minimum absolute atomic E-state index is 0.491. The van der Waals surface area contributed by atoms with Crippen LogP contribution in [0.15, 0.2) is 30.3 Å². The van der Waals surface area contributed by atoms with E-state index >= 15 is 0 Å². The third-order valence-corrected chi connectivity index (χ3v) is 30.0. The van der Waals surface area contributed by atoms with E-state index in [2.05, 4.69) is 0 Å². The molecule has 1 aromatic carbocycles. The van der Waals surface area contributed by atoms with Gasteiger partial charge in [0.1, 0.15) is 0 Å². The molecule has 0 bridgehead atoms. The van der Waals surface area contributed by atoms with Gasteiger partial charge in [0.15, 0.2) is 0 Å². The highest BCUT2D eigenvalue weighted by Gasteiger charge is 2.62. The molecule has 0 saturated carbocycles. The number of halogens is 5. The summed E-state index contributed by atoms with van der Waals surface area (Å²) in [5, 5.41) is -0.491. The third-order valence-electron chi connectivity index (χ3n) is 2.64. The summed E-state index contributed by atoms with van der Waals surface area (Å²) in [5.41, 5.74) is -2.11. The van der Waals surface area contributed by atoms with Crippen LogP contribution in [0.5, 0.6) is 0 Å². The summed E-state index contributed by atoms with van der Waals surface area (Å²) >= 11 is 30.9. The van der Waals surface area contributed by atoms with Gasteiger partial charge in [0, 0.05) is 5.04 Å². The first kappa shape index (κ1) is 15.2. The molecule has 0 atom stereocenters. The largest absolute Gasteiger partial charge is 0.359 e. The first-order chi connectivity index (χ1) is 7.11. The summed E-state index contributed by atoms with van der Waals surface area (Å²) in [6.45, 7) is 3.87. The van der Waals surface area contributed by atoms with Crippen LogP contribution in [-0.2, 0) is 5.04 Å². The van der Waals surface area contributed by atoms with Gasteiger partial charge in [-0.1, -0.05) is 44.2 Å². The Morgan fingerprint density at radius 3 is 1.69 bits per heavy atom. The normalized spacial score (nSPS) is 13.9. The maximum Gasteiger partial charge on any atom is 0.359 e. The van der Waals surface area contributed by atoms with Crippen molar-refractivity contribution in [3.8, 4) is 0 Å². The smallest absolute Gasteiger partial charge is 0.144 e. The first-order valence-electron chi connectivity index (χ1n) is 4.61. The molecule has 0 aromatic heterocycles. The molecule has 0 aliphatic carbocycles. The Morgan fingerprint density at radius 2 is 1.31 bits per heavy atom. The first-order valence-corrected chi connectivity index (χ1v) is 14.7. The van der Waals surface area contributed by atoms with E-state index in [-0.39, 0.29) is 0 Å². The van der Waals surface area contributed by atoms with E-state index in [0.29, 0.717) is 0 Å². The number of rotatable bonds is 3. The molecule has 1 rings (SSSR count). The fraction of sp³-hybridized carbons (Fsp3) is 0.333. The van der Waals surface area contributed by atoms with Gasteiger partial charge >= 0.3 is 5.52 Å². The van der Waals surface area contributed by atoms with Crippen LogP contribution < -0.4 is 0 Å². The van der Waals surface area contributed by atoms with Gasteiger partial charge in [-0.05, 0) is 5.56 Å². The highest BCUT2D eigenvalue weighted by atomic mass is 35.9. The second-order valence-electron chi connectivity index (χ2n) is 4.06. The van der Waals surface area contributed by atoms with Crippen LogP contribution >= 0.6 is 55.4 Å². The predicted octanol–water partition coefficient (Wildman–Crippen LogP) is 5.16. The van der Waals surface area contributed by atoms with E-state index < -0.39 is 16.8 Å². The molecule has 0 fully saturated rings. The highest BCUT2D eigenvalue weighted by Crippen LogP contribution is 2.49. The molecule has 0 aliphatic heterocycles. The van der Waals surface area contributed by atoms with Crippen LogP contribution in [0.1, 0.15) is 19.4 Å². The zero-order valence-corrected chi connectivity index (χ0v) is 14.6. The van der Waals surface area contributed by atoms with Crippen molar-refractivity contribution in [3.05, 3.63) is 35.9 Å². The van der Waals surface area contributed by atoms with Gasteiger partial charge in [-0.15, -0.1) is 55.4 Å². The molecule has 0 heterocycles. The molecule has 0 amide bonds. The van der Waals surface area contributed by atoms with Crippen molar-refractivity contribution in [2.45, 2.75) is 18.9 Å². The van der Waals surface area contributed by atoms with E-state index in [1.807, 2.05) is 44.2 Å². The van der Waals surface area contributed by atoms with E-state index in [9.17, 15) is 0 Å². The predicted molar refractivity (Wildman–Crippen MR) is 80.2 cm³/mol. The summed E-state index contributed by atoms with van der Waals surface area (Å²) < 4.78 is 0. The maximum absolute atomic E-state index is 6.41. The SMILES string of the molecule is CC(C)(c1ccccc1)[Si](Cl)(Cl)[Si](Cl)(Cl)Cl. The van der Waals surface area contributed by atoms with Crippen molar-refractivity contribution in [2.24, 2.45) is 0 Å². The molecule has 7 heteroatoms. The molecular weight excluding hydrogens is 342 g/mol. The second kappa shape index (κ2) is 5.00. The summed E-state index contributed by atoms with van der Waals surface area (Å²) in [5.74, 6) is 0. The van der Waals surface area contributed by atoms with Crippen LogP contribution in [0.2, 0.25) is 0 Å². The maximum atomic E-state index is 6.41. The van der Waals surface area contributed by atoms with Gasteiger partial charge in [0.2, 0.25) is 0 Å². The lowest BCUT2D eigenvalue weighted by Crippen LogP contribution is -2.57. The Labute approximate surface area is 121 Å².